The van der Waals surface area contributed by atoms with Gasteiger partial charge in [-0.25, -0.2) is 4.79 Å². The Kier molecular flexibility index (Phi) is 12.1. The number of fused-ring (bicyclic) bond motifs is 1. The molecule has 0 bridgehead atoms. The number of carbonyl (C=O) groups excluding carboxylic acids is 4. The fourth-order valence-corrected chi connectivity index (χ4v) is 5.11. The first-order valence-electron chi connectivity index (χ1n) is 15.3. The number of unbranched alkanes of at least 4 members (excludes halogenated alkanes) is 3. The molecule has 0 atom stereocenters. The topological polar surface area (TPSA) is 155 Å². The number of nitrogens with one attached hydrogen (secondary N) is 2. The van der Waals surface area contributed by atoms with Gasteiger partial charge in [-0.2, -0.15) is 13.2 Å². The summed E-state index contributed by atoms with van der Waals surface area (Å²) in [5.74, 6) is -4.11. The van der Waals surface area contributed by atoms with E-state index in [1.807, 2.05) is 30.3 Å². The quantitative estimate of drug-likeness (QED) is 0.0708. The zero-order valence-electron chi connectivity index (χ0n) is 26.1. The molecule has 14 heteroatoms. The van der Waals surface area contributed by atoms with Gasteiger partial charge in [-0.3, -0.25) is 19.8 Å². The van der Waals surface area contributed by atoms with Crippen molar-refractivity contribution in [2.24, 2.45) is 5.73 Å². The first-order valence-corrected chi connectivity index (χ1v) is 15.3. The molecule has 1 aliphatic rings. The number of amides is 2. The van der Waals surface area contributed by atoms with Gasteiger partial charge in [-0.05, 0) is 66.8 Å². The van der Waals surface area contributed by atoms with Crippen LogP contribution in [-0.2, 0) is 32.1 Å². The second kappa shape index (κ2) is 16.4. The third kappa shape index (κ3) is 10.3. The Balaban J connectivity index is 1.53. The highest BCUT2D eigenvalue weighted by Gasteiger charge is 2.42. The van der Waals surface area contributed by atoms with Crippen molar-refractivity contribution in [3.05, 3.63) is 89.5 Å². The van der Waals surface area contributed by atoms with Crippen molar-refractivity contribution < 1.29 is 41.8 Å². The third-order valence-corrected chi connectivity index (χ3v) is 7.45. The van der Waals surface area contributed by atoms with Crippen LogP contribution in [0.15, 0.2) is 72.8 Å². The summed E-state index contributed by atoms with van der Waals surface area (Å²) in [4.78, 5) is 53.1. The molecular formula is C34H36F3N5O6. The van der Waals surface area contributed by atoms with E-state index < -0.39 is 49.4 Å². The van der Waals surface area contributed by atoms with Gasteiger partial charge in [0.25, 0.3) is 5.91 Å². The molecule has 0 fully saturated rings. The standard InChI is InChI=1S/C34H36F3N5O6/c35-34(36,37)32(46)48-30(44)16-18-41-22-29(43)42(21-24-10-8-13-26(19-24)47-25-11-5-3-6-12-25)28-15-14-23(20-27(28)31(41)45)9-4-1-2-7-17-40-33(38)39/h3,5-6,8,10-15,19-20H,1-2,4,7,9,16-18,21-22H2,(H4,38,39,40). The van der Waals surface area contributed by atoms with Gasteiger partial charge in [0.1, 0.15) is 18.0 Å². The number of carbonyl (C=O) groups is 4. The van der Waals surface area contributed by atoms with Gasteiger partial charge >= 0.3 is 18.1 Å². The minimum Gasteiger partial charge on any atom is -0.457 e. The first-order chi connectivity index (χ1) is 22.9. The molecule has 254 valence electrons. The van der Waals surface area contributed by atoms with Gasteiger partial charge in [-0.1, -0.05) is 49.2 Å². The Hall–Kier alpha value is -5.40. The largest absolute Gasteiger partial charge is 0.491 e. The summed E-state index contributed by atoms with van der Waals surface area (Å²) in [7, 11) is 0. The monoisotopic (exact) mass is 667 g/mol. The average Bonchev–Trinajstić information content (AvgIpc) is 3.13. The van der Waals surface area contributed by atoms with Crippen LogP contribution < -0.4 is 20.7 Å². The number of halogens is 3. The van der Waals surface area contributed by atoms with Gasteiger partial charge in [-0.15, -0.1) is 0 Å². The molecule has 48 heavy (non-hydrogen) atoms. The van der Waals surface area contributed by atoms with Crippen LogP contribution in [0.1, 0.15) is 53.6 Å². The van der Waals surface area contributed by atoms with E-state index >= 15 is 0 Å². The number of benzene rings is 3. The molecular weight excluding hydrogens is 631 g/mol. The molecule has 3 aromatic rings. The number of aryl methyl sites for hydroxylation is 1. The van der Waals surface area contributed by atoms with E-state index in [1.165, 1.54) is 4.90 Å². The lowest BCUT2D eigenvalue weighted by Gasteiger charge is -2.23. The summed E-state index contributed by atoms with van der Waals surface area (Å²) in [6.45, 7) is -0.227. The lowest BCUT2D eigenvalue weighted by atomic mass is 10.0. The molecule has 4 rings (SSSR count). The number of hydrogen-bond acceptors (Lipinski definition) is 7. The van der Waals surface area contributed by atoms with Gasteiger partial charge in [0.2, 0.25) is 5.91 Å². The molecule has 0 aliphatic carbocycles. The smallest absolute Gasteiger partial charge is 0.457 e. The summed E-state index contributed by atoms with van der Waals surface area (Å²) in [5, 5.41) is 9.97. The van der Waals surface area contributed by atoms with Gasteiger partial charge in [0.15, 0.2) is 5.96 Å². The average molecular weight is 668 g/mol. The molecule has 11 nitrogen and oxygen atoms in total. The summed E-state index contributed by atoms with van der Waals surface area (Å²) in [6, 6.07) is 21.5. The molecule has 1 heterocycles. The summed E-state index contributed by atoms with van der Waals surface area (Å²) < 4.78 is 47.5. The van der Waals surface area contributed by atoms with Crippen molar-refractivity contribution in [2.75, 3.05) is 24.5 Å². The lowest BCUT2D eigenvalue weighted by molar-refractivity contribution is -0.201. The zero-order valence-corrected chi connectivity index (χ0v) is 26.1. The predicted octanol–water partition coefficient (Wildman–Crippen LogP) is 5.08. The second-order valence-electron chi connectivity index (χ2n) is 11.1. The van der Waals surface area contributed by atoms with Crippen LogP contribution in [0.4, 0.5) is 18.9 Å². The Morgan fingerprint density at radius 2 is 1.62 bits per heavy atom. The maximum atomic E-state index is 13.8. The highest BCUT2D eigenvalue weighted by Crippen LogP contribution is 2.31. The molecule has 0 saturated carbocycles. The van der Waals surface area contributed by atoms with Gasteiger partial charge in [0, 0.05) is 13.1 Å². The normalized spacial score (nSPS) is 13.1. The fourth-order valence-electron chi connectivity index (χ4n) is 5.11. The number of hydrogen-bond donors (Lipinski definition) is 3. The van der Waals surface area contributed by atoms with Crippen LogP contribution in [0, 0.1) is 5.41 Å². The number of guanidine groups is 1. The van der Waals surface area contributed by atoms with E-state index in [-0.39, 0.29) is 18.1 Å². The Morgan fingerprint density at radius 1 is 0.896 bits per heavy atom. The number of para-hydroxylation sites is 1. The summed E-state index contributed by atoms with van der Waals surface area (Å²) in [5.41, 5.74) is 7.38. The fraction of sp³-hybridized carbons (Fsp3) is 0.324. The van der Waals surface area contributed by atoms with Crippen LogP contribution in [-0.4, -0.2) is 60.4 Å². The van der Waals surface area contributed by atoms with Crippen molar-refractivity contribution >= 4 is 35.4 Å². The number of rotatable bonds is 14. The second-order valence-corrected chi connectivity index (χ2v) is 11.1. The lowest BCUT2D eigenvalue weighted by Crippen LogP contribution is -2.40. The van der Waals surface area contributed by atoms with E-state index in [0.717, 1.165) is 36.1 Å². The third-order valence-electron chi connectivity index (χ3n) is 7.45. The maximum Gasteiger partial charge on any atom is 0.491 e. The van der Waals surface area contributed by atoms with Crippen molar-refractivity contribution in [2.45, 2.75) is 51.2 Å². The number of nitrogens with two attached hydrogens (primary N) is 1. The molecule has 0 radical (unpaired) electrons. The van der Waals surface area contributed by atoms with E-state index in [2.05, 4.69) is 10.1 Å². The van der Waals surface area contributed by atoms with Crippen LogP contribution in [0.3, 0.4) is 0 Å². The van der Waals surface area contributed by atoms with Crippen LogP contribution >= 0.6 is 0 Å². The highest BCUT2D eigenvalue weighted by molar-refractivity contribution is 6.09. The SMILES string of the molecule is N=C(N)NCCCCCCc1ccc2c(c1)C(=O)N(CCC(=O)OC(=O)C(F)(F)F)CC(=O)N2Cc1cccc(Oc2ccccc2)c1. The molecule has 2 amide bonds. The molecule has 0 aromatic heterocycles. The van der Waals surface area contributed by atoms with E-state index in [1.54, 1.807) is 42.5 Å². The number of nitrogens with zero attached hydrogens (tertiary/aromatic N) is 2. The minimum atomic E-state index is -5.35. The van der Waals surface area contributed by atoms with Crippen molar-refractivity contribution in [1.82, 2.24) is 10.2 Å². The van der Waals surface area contributed by atoms with Gasteiger partial charge in [0.05, 0.1) is 24.2 Å². The molecule has 0 saturated heterocycles. The summed E-state index contributed by atoms with van der Waals surface area (Å²) >= 11 is 0. The van der Waals surface area contributed by atoms with Crippen LogP contribution in [0.25, 0.3) is 0 Å². The van der Waals surface area contributed by atoms with Crippen LogP contribution in [0.2, 0.25) is 0 Å². The maximum absolute atomic E-state index is 13.8. The molecule has 3 aromatic carbocycles. The number of esters is 2. The number of anilines is 1. The van der Waals surface area contributed by atoms with Crippen molar-refractivity contribution in [3.63, 3.8) is 0 Å². The van der Waals surface area contributed by atoms with E-state index in [9.17, 15) is 32.3 Å². The van der Waals surface area contributed by atoms with E-state index in [0.29, 0.717) is 35.7 Å². The molecule has 0 spiro atoms. The molecule has 1 aliphatic heterocycles. The van der Waals surface area contributed by atoms with Crippen LogP contribution in [0.5, 0.6) is 11.5 Å². The molecule has 4 N–H and O–H groups in total. The minimum absolute atomic E-state index is 0.0777. The summed E-state index contributed by atoms with van der Waals surface area (Å²) in [6.07, 6.45) is -2.00. The highest BCUT2D eigenvalue weighted by atomic mass is 19.4. The first kappa shape index (κ1) is 35.5. The van der Waals surface area contributed by atoms with Crippen molar-refractivity contribution in [3.8, 4) is 11.5 Å². The number of ether oxygens (including phenoxy) is 2. The zero-order chi connectivity index (χ0) is 34.7. The van der Waals surface area contributed by atoms with Gasteiger partial charge < -0.3 is 30.3 Å². The number of alkyl halides is 3. The molecule has 0 unspecified atom stereocenters. The Bertz CT molecular complexity index is 1630. The Labute approximate surface area is 275 Å². The van der Waals surface area contributed by atoms with Crippen molar-refractivity contribution in [1.29, 1.82) is 5.41 Å². The van der Waals surface area contributed by atoms with E-state index in [4.69, 9.17) is 15.9 Å². The predicted molar refractivity (Wildman–Crippen MR) is 170 cm³/mol. The Morgan fingerprint density at radius 3 is 2.35 bits per heavy atom.